The molecule has 0 bridgehead atoms. The van der Waals surface area contributed by atoms with Gasteiger partial charge in [0.15, 0.2) is 0 Å². The fourth-order valence-electron chi connectivity index (χ4n) is 3.08. The van der Waals surface area contributed by atoms with Gasteiger partial charge in [0.1, 0.15) is 5.75 Å². The SMILES string of the molecule is Oc1ccccc1-c1ccc2sc3ccc(-c4ccccn4)[c-]c3c2n1.[Ni]. The van der Waals surface area contributed by atoms with Gasteiger partial charge in [-0.3, -0.25) is 9.97 Å². The molecule has 0 amide bonds. The molecule has 5 heteroatoms. The summed E-state index contributed by atoms with van der Waals surface area (Å²) in [7, 11) is 0. The van der Waals surface area contributed by atoms with Crippen LogP contribution >= 0.6 is 11.3 Å². The van der Waals surface area contributed by atoms with E-state index < -0.39 is 0 Å². The fourth-order valence-corrected chi connectivity index (χ4v) is 4.08. The van der Waals surface area contributed by atoms with E-state index in [0.717, 1.165) is 42.8 Å². The molecule has 0 spiro atoms. The zero-order valence-electron chi connectivity index (χ0n) is 14.0. The van der Waals surface area contributed by atoms with Crippen LogP contribution in [0.4, 0.5) is 0 Å². The molecule has 5 aromatic rings. The number of phenols is 1. The standard InChI is InChI=1S/C22H13N2OS.Ni/c25-19-7-2-1-5-15(19)18-9-11-21-22(24-18)16-13-14(8-10-20(16)26-21)17-6-3-4-12-23-17;/h1-12,25H;/q-1;. The number of thiophene rings is 1. The Morgan fingerprint density at radius 1 is 0.815 bits per heavy atom. The van der Waals surface area contributed by atoms with E-state index in [1.54, 1.807) is 23.6 Å². The smallest absolute Gasteiger partial charge is 0.124 e. The molecule has 3 heterocycles. The van der Waals surface area contributed by atoms with Crippen LogP contribution in [0.3, 0.4) is 0 Å². The zero-order chi connectivity index (χ0) is 17.5. The Hall–Kier alpha value is -2.75. The van der Waals surface area contributed by atoms with Crippen molar-refractivity contribution < 1.29 is 21.6 Å². The molecule has 0 radical (unpaired) electrons. The summed E-state index contributed by atoms with van der Waals surface area (Å²) in [5, 5.41) is 11.1. The number of pyridine rings is 2. The summed E-state index contributed by atoms with van der Waals surface area (Å²) in [6.45, 7) is 0. The van der Waals surface area contributed by atoms with Gasteiger partial charge in [-0.15, -0.1) is 18.2 Å². The van der Waals surface area contributed by atoms with Crippen LogP contribution in [-0.4, -0.2) is 15.1 Å². The van der Waals surface area contributed by atoms with Gasteiger partial charge in [0.25, 0.3) is 0 Å². The van der Waals surface area contributed by atoms with Gasteiger partial charge in [-0.2, -0.15) is 11.3 Å². The van der Waals surface area contributed by atoms with E-state index in [4.69, 9.17) is 4.98 Å². The number of rotatable bonds is 2. The Labute approximate surface area is 170 Å². The molecule has 27 heavy (non-hydrogen) atoms. The summed E-state index contributed by atoms with van der Waals surface area (Å²) in [5.74, 6) is 0.233. The van der Waals surface area contributed by atoms with Crippen molar-refractivity contribution in [2.24, 2.45) is 0 Å². The number of nitrogens with zero attached hydrogens (tertiary/aromatic N) is 2. The van der Waals surface area contributed by atoms with Crippen LogP contribution in [0.5, 0.6) is 5.75 Å². The van der Waals surface area contributed by atoms with Gasteiger partial charge in [0.05, 0.1) is 5.69 Å². The number of aromatic hydroxyl groups is 1. The predicted molar refractivity (Wildman–Crippen MR) is 106 cm³/mol. The van der Waals surface area contributed by atoms with Crippen LogP contribution in [0, 0.1) is 6.07 Å². The number of para-hydroxylation sites is 1. The maximum Gasteiger partial charge on any atom is 0.124 e. The first-order chi connectivity index (χ1) is 12.8. The van der Waals surface area contributed by atoms with Gasteiger partial charge < -0.3 is 5.11 Å². The first-order valence-electron chi connectivity index (χ1n) is 8.25. The quantitative estimate of drug-likeness (QED) is 0.300. The van der Waals surface area contributed by atoms with Crippen LogP contribution in [-0.2, 0) is 16.5 Å². The van der Waals surface area contributed by atoms with Gasteiger partial charge in [0.2, 0.25) is 0 Å². The van der Waals surface area contributed by atoms with Crippen LogP contribution in [0.25, 0.3) is 42.8 Å². The maximum absolute atomic E-state index is 10.1. The molecular formula is C22H13N2NiOS-. The molecule has 1 N–H and O–H groups in total. The molecule has 5 rings (SSSR count). The minimum absolute atomic E-state index is 0. The molecule has 0 aliphatic heterocycles. The largest absolute Gasteiger partial charge is 0.507 e. The van der Waals surface area contributed by atoms with Crippen molar-refractivity contribution in [3.63, 3.8) is 0 Å². The summed E-state index contributed by atoms with van der Waals surface area (Å²) in [4.78, 5) is 9.24. The maximum atomic E-state index is 10.1. The van der Waals surface area contributed by atoms with Crippen LogP contribution in [0.2, 0.25) is 0 Å². The van der Waals surface area contributed by atoms with Crippen molar-refractivity contribution in [1.82, 2.24) is 9.97 Å². The summed E-state index contributed by atoms with van der Waals surface area (Å²) in [6.07, 6.45) is 1.79. The fraction of sp³-hybridized carbons (Fsp3) is 0. The van der Waals surface area contributed by atoms with Gasteiger partial charge in [-0.05, 0) is 35.0 Å². The summed E-state index contributed by atoms with van der Waals surface area (Å²) < 4.78 is 2.25. The molecule has 0 aliphatic carbocycles. The van der Waals surface area contributed by atoms with Gasteiger partial charge in [-0.25, -0.2) is 0 Å². The second-order valence-corrected chi connectivity index (χ2v) is 7.07. The third kappa shape index (κ3) is 3.10. The van der Waals surface area contributed by atoms with Gasteiger partial charge >= 0.3 is 0 Å². The van der Waals surface area contributed by atoms with Gasteiger partial charge in [-0.1, -0.05) is 35.2 Å². The molecule has 0 atom stereocenters. The minimum Gasteiger partial charge on any atom is -0.507 e. The van der Waals surface area contributed by atoms with E-state index in [1.165, 1.54) is 0 Å². The van der Waals surface area contributed by atoms with Crippen molar-refractivity contribution in [1.29, 1.82) is 0 Å². The molecule has 0 aliphatic rings. The van der Waals surface area contributed by atoms with E-state index in [-0.39, 0.29) is 22.2 Å². The molecule has 0 saturated carbocycles. The number of fused-ring (bicyclic) bond motifs is 3. The molecule has 2 aromatic carbocycles. The number of hydrogen-bond donors (Lipinski definition) is 1. The first-order valence-corrected chi connectivity index (χ1v) is 9.06. The normalized spacial score (nSPS) is 10.8. The van der Waals surface area contributed by atoms with Crippen LogP contribution < -0.4 is 0 Å². The van der Waals surface area contributed by atoms with Crippen LogP contribution in [0.15, 0.2) is 72.9 Å². The Morgan fingerprint density at radius 2 is 1.63 bits per heavy atom. The van der Waals surface area contributed by atoms with E-state index in [9.17, 15) is 5.11 Å². The summed E-state index contributed by atoms with van der Waals surface area (Å²) in [5.41, 5.74) is 4.24. The zero-order valence-corrected chi connectivity index (χ0v) is 15.8. The van der Waals surface area contributed by atoms with Crippen molar-refractivity contribution in [3.05, 3.63) is 79.0 Å². The van der Waals surface area contributed by atoms with Gasteiger partial charge in [0, 0.05) is 44.2 Å². The third-order valence-electron chi connectivity index (χ3n) is 4.34. The summed E-state index contributed by atoms with van der Waals surface area (Å²) in [6, 6.07) is 24.8. The van der Waals surface area contributed by atoms with E-state index in [0.29, 0.717) is 0 Å². The number of aromatic nitrogens is 2. The van der Waals surface area contributed by atoms with Crippen LogP contribution in [0.1, 0.15) is 0 Å². The third-order valence-corrected chi connectivity index (χ3v) is 5.45. The molecule has 0 unspecified atom stereocenters. The number of hydrogen-bond acceptors (Lipinski definition) is 4. The Kier molecular flexibility index (Phi) is 4.65. The average Bonchev–Trinajstić information content (AvgIpc) is 3.06. The monoisotopic (exact) mass is 411 g/mol. The molecular weight excluding hydrogens is 399 g/mol. The van der Waals surface area contributed by atoms with Crippen molar-refractivity contribution in [2.45, 2.75) is 0 Å². The van der Waals surface area contributed by atoms with E-state index in [1.807, 2.05) is 48.5 Å². The number of phenolic OH excluding ortho intramolecular Hbond substituents is 1. The second-order valence-electron chi connectivity index (χ2n) is 5.99. The van der Waals surface area contributed by atoms with Crippen molar-refractivity contribution in [2.75, 3.05) is 0 Å². The Balaban J connectivity index is 0.00000180. The minimum atomic E-state index is 0. The topological polar surface area (TPSA) is 46.0 Å². The summed E-state index contributed by atoms with van der Waals surface area (Å²) >= 11 is 1.70. The van der Waals surface area contributed by atoms with E-state index >= 15 is 0 Å². The average molecular weight is 412 g/mol. The van der Waals surface area contributed by atoms with E-state index in [2.05, 4.69) is 23.2 Å². The number of benzene rings is 2. The second kappa shape index (κ2) is 7.11. The van der Waals surface area contributed by atoms with Crippen molar-refractivity contribution >= 4 is 31.6 Å². The molecule has 0 saturated heterocycles. The molecule has 0 fully saturated rings. The predicted octanol–water partition coefficient (Wildman–Crippen LogP) is 5.68. The first kappa shape index (κ1) is 17.7. The Bertz CT molecular complexity index is 1250. The Morgan fingerprint density at radius 3 is 2.44 bits per heavy atom. The molecule has 3 nitrogen and oxygen atoms in total. The van der Waals surface area contributed by atoms with Crippen molar-refractivity contribution in [3.8, 4) is 28.3 Å². The molecule has 134 valence electrons. The molecule has 3 aromatic heterocycles.